The quantitative estimate of drug-likeness (QED) is 0.268. The first-order chi connectivity index (χ1) is 8.56. The van der Waals surface area contributed by atoms with E-state index in [-0.39, 0.29) is 28.9 Å². The first-order valence-corrected chi connectivity index (χ1v) is 6.08. The van der Waals surface area contributed by atoms with Crippen molar-refractivity contribution in [3.05, 3.63) is 16.4 Å². The van der Waals surface area contributed by atoms with E-state index < -0.39 is 4.92 Å². The van der Waals surface area contributed by atoms with E-state index >= 15 is 0 Å². The highest BCUT2D eigenvalue weighted by atomic mass is 32.2. The number of rotatable bonds is 6. The molecular formula is C9H12N4O4S. The van der Waals surface area contributed by atoms with Crippen molar-refractivity contribution in [2.45, 2.75) is 18.4 Å². The van der Waals surface area contributed by atoms with Gasteiger partial charge in [-0.25, -0.2) is 9.97 Å². The number of carbonyl (C=O) groups excluding carboxylic acids is 1. The molecule has 0 aliphatic rings. The summed E-state index contributed by atoms with van der Waals surface area (Å²) in [6.45, 7) is 2.02. The second-order valence-electron chi connectivity index (χ2n) is 3.07. The molecule has 0 aliphatic carbocycles. The van der Waals surface area contributed by atoms with Gasteiger partial charge in [0.1, 0.15) is 6.33 Å². The Labute approximate surface area is 107 Å². The summed E-state index contributed by atoms with van der Waals surface area (Å²) in [5.41, 5.74) is 5.08. The number of carbonyl (C=O) groups is 1. The normalized spacial score (nSPS) is 10.1. The van der Waals surface area contributed by atoms with Gasteiger partial charge in [-0.05, 0) is 6.92 Å². The van der Waals surface area contributed by atoms with Crippen molar-refractivity contribution >= 4 is 29.2 Å². The van der Waals surface area contributed by atoms with E-state index in [1.807, 2.05) is 0 Å². The first kappa shape index (κ1) is 14.2. The highest BCUT2D eigenvalue weighted by Crippen LogP contribution is 2.30. The number of thioether (sulfide) groups is 1. The van der Waals surface area contributed by atoms with Gasteiger partial charge in [-0.15, -0.1) is 0 Å². The number of anilines is 1. The molecule has 0 spiro atoms. The minimum absolute atomic E-state index is 0.150. The standard InChI is InChI=1S/C9H12N4O4S/c1-2-17-6(14)3-4-18-9-7(13(15)16)8(10)11-5-12-9/h5H,2-4H2,1H3,(H2,10,11,12). The number of nitro groups is 1. The Morgan fingerprint density at radius 1 is 1.61 bits per heavy atom. The van der Waals surface area contributed by atoms with Crippen LogP contribution < -0.4 is 5.73 Å². The summed E-state index contributed by atoms with van der Waals surface area (Å²) < 4.78 is 4.74. The van der Waals surface area contributed by atoms with Crippen LogP contribution in [0.5, 0.6) is 0 Å². The number of nitrogens with zero attached hydrogens (tertiary/aromatic N) is 3. The number of nitrogens with two attached hydrogens (primary N) is 1. The zero-order valence-corrected chi connectivity index (χ0v) is 10.5. The van der Waals surface area contributed by atoms with Gasteiger partial charge in [-0.1, -0.05) is 11.8 Å². The van der Waals surface area contributed by atoms with Gasteiger partial charge in [0.05, 0.1) is 18.0 Å². The van der Waals surface area contributed by atoms with Crippen LogP contribution >= 0.6 is 11.8 Å². The lowest BCUT2D eigenvalue weighted by atomic mass is 10.5. The van der Waals surface area contributed by atoms with E-state index in [9.17, 15) is 14.9 Å². The van der Waals surface area contributed by atoms with Crippen molar-refractivity contribution in [3.63, 3.8) is 0 Å². The van der Waals surface area contributed by atoms with Gasteiger partial charge in [-0.2, -0.15) is 0 Å². The van der Waals surface area contributed by atoms with Crippen LogP contribution in [0, 0.1) is 10.1 Å². The Morgan fingerprint density at radius 2 is 2.33 bits per heavy atom. The third-order valence-electron chi connectivity index (χ3n) is 1.85. The molecule has 1 rings (SSSR count). The number of hydrogen-bond donors (Lipinski definition) is 1. The fourth-order valence-electron chi connectivity index (χ4n) is 1.12. The summed E-state index contributed by atoms with van der Waals surface area (Å²) in [7, 11) is 0. The summed E-state index contributed by atoms with van der Waals surface area (Å²) >= 11 is 1.07. The van der Waals surface area contributed by atoms with Crippen LogP contribution in [0.2, 0.25) is 0 Å². The molecule has 2 N–H and O–H groups in total. The molecule has 0 atom stereocenters. The maximum Gasteiger partial charge on any atom is 0.343 e. The van der Waals surface area contributed by atoms with Crippen LogP contribution in [-0.4, -0.2) is 33.2 Å². The topological polar surface area (TPSA) is 121 Å². The maximum absolute atomic E-state index is 11.1. The molecule has 1 aromatic rings. The molecule has 0 aromatic carbocycles. The molecule has 0 saturated carbocycles. The van der Waals surface area contributed by atoms with Crippen molar-refractivity contribution in [2.75, 3.05) is 18.1 Å². The SMILES string of the molecule is CCOC(=O)CCSc1ncnc(N)c1[N+](=O)[O-]. The molecule has 0 saturated heterocycles. The predicted octanol–water partition coefficient (Wildman–Crippen LogP) is 1.01. The molecule has 18 heavy (non-hydrogen) atoms. The van der Waals surface area contributed by atoms with Crippen molar-refractivity contribution in [1.82, 2.24) is 9.97 Å². The van der Waals surface area contributed by atoms with E-state index in [4.69, 9.17) is 10.5 Å². The number of aromatic nitrogens is 2. The molecule has 8 nitrogen and oxygen atoms in total. The average molecular weight is 272 g/mol. The Hall–Kier alpha value is -1.90. The van der Waals surface area contributed by atoms with Crippen molar-refractivity contribution in [3.8, 4) is 0 Å². The van der Waals surface area contributed by atoms with Gasteiger partial charge in [0.25, 0.3) is 0 Å². The van der Waals surface area contributed by atoms with Crippen LogP contribution in [-0.2, 0) is 9.53 Å². The highest BCUT2D eigenvalue weighted by Gasteiger charge is 2.21. The van der Waals surface area contributed by atoms with Gasteiger partial charge < -0.3 is 10.5 Å². The van der Waals surface area contributed by atoms with Crippen LogP contribution in [0.15, 0.2) is 11.4 Å². The fourth-order valence-corrected chi connectivity index (χ4v) is 2.02. The molecule has 9 heteroatoms. The molecule has 0 aliphatic heterocycles. The van der Waals surface area contributed by atoms with E-state index in [1.165, 1.54) is 0 Å². The number of esters is 1. The van der Waals surface area contributed by atoms with Crippen LogP contribution in [0.25, 0.3) is 0 Å². The minimum Gasteiger partial charge on any atom is -0.466 e. The molecule has 98 valence electrons. The lowest BCUT2D eigenvalue weighted by molar-refractivity contribution is -0.387. The summed E-state index contributed by atoms with van der Waals surface area (Å²) in [6, 6.07) is 0. The molecule has 1 heterocycles. The van der Waals surface area contributed by atoms with Gasteiger partial charge in [0, 0.05) is 5.75 Å². The van der Waals surface area contributed by atoms with E-state index in [0.717, 1.165) is 18.1 Å². The average Bonchev–Trinajstić information content (AvgIpc) is 2.28. The monoisotopic (exact) mass is 272 g/mol. The third-order valence-corrected chi connectivity index (χ3v) is 2.83. The Balaban J connectivity index is 2.65. The zero-order valence-electron chi connectivity index (χ0n) is 9.66. The zero-order chi connectivity index (χ0) is 13.5. The third kappa shape index (κ3) is 3.84. The van der Waals surface area contributed by atoms with E-state index in [2.05, 4.69) is 9.97 Å². The summed E-state index contributed by atoms with van der Waals surface area (Å²) in [5, 5.41) is 10.9. The summed E-state index contributed by atoms with van der Waals surface area (Å²) in [4.78, 5) is 28.6. The van der Waals surface area contributed by atoms with E-state index in [0.29, 0.717) is 12.4 Å². The minimum atomic E-state index is -0.637. The van der Waals surface area contributed by atoms with E-state index in [1.54, 1.807) is 6.92 Å². The van der Waals surface area contributed by atoms with Crippen molar-refractivity contribution < 1.29 is 14.5 Å². The molecule has 0 bridgehead atoms. The largest absolute Gasteiger partial charge is 0.466 e. The van der Waals surface area contributed by atoms with Crippen LogP contribution in [0.1, 0.15) is 13.3 Å². The van der Waals surface area contributed by atoms with Crippen LogP contribution in [0.4, 0.5) is 11.5 Å². The lowest BCUT2D eigenvalue weighted by Gasteiger charge is -2.03. The summed E-state index contributed by atoms with van der Waals surface area (Å²) in [6.07, 6.45) is 1.30. The highest BCUT2D eigenvalue weighted by molar-refractivity contribution is 7.99. The molecule has 1 aromatic heterocycles. The maximum atomic E-state index is 11.1. The van der Waals surface area contributed by atoms with Crippen molar-refractivity contribution in [1.29, 1.82) is 0 Å². The number of hydrogen-bond acceptors (Lipinski definition) is 8. The molecule has 0 fully saturated rings. The van der Waals surface area contributed by atoms with Crippen molar-refractivity contribution in [2.24, 2.45) is 0 Å². The van der Waals surface area contributed by atoms with Gasteiger partial charge in [-0.3, -0.25) is 14.9 Å². The number of nitrogen functional groups attached to an aromatic ring is 1. The van der Waals surface area contributed by atoms with Gasteiger partial charge in [0.2, 0.25) is 5.82 Å². The Morgan fingerprint density at radius 3 is 2.94 bits per heavy atom. The second kappa shape index (κ2) is 6.74. The Bertz CT molecular complexity index is 454. The molecule has 0 amide bonds. The smallest absolute Gasteiger partial charge is 0.343 e. The molecule has 0 radical (unpaired) electrons. The number of ether oxygens (including phenoxy) is 1. The van der Waals surface area contributed by atoms with Gasteiger partial charge >= 0.3 is 11.7 Å². The fraction of sp³-hybridized carbons (Fsp3) is 0.444. The molecular weight excluding hydrogens is 260 g/mol. The predicted molar refractivity (Wildman–Crippen MR) is 65.1 cm³/mol. The Kier molecular flexibility index (Phi) is 5.31. The second-order valence-corrected chi connectivity index (χ2v) is 4.16. The first-order valence-electron chi connectivity index (χ1n) is 5.09. The summed E-state index contributed by atoms with van der Waals surface area (Å²) in [5.74, 6) is -0.209. The molecule has 0 unspecified atom stereocenters. The lowest BCUT2D eigenvalue weighted by Crippen LogP contribution is -2.06. The van der Waals surface area contributed by atoms with Gasteiger partial charge in [0.15, 0.2) is 5.03 Å². The van der Waals surface area contributed by atoms with Crippen LogP contribution in [0.3, 0.4) is 0 Å².